The van der Waals surface area contributed by atoms with Crippen molar-refractivity contribution >= 4 is 17.7 Å². The molecule has 4 heteroatoms. The van der Waals surface area contributed by atoms with Crippen molar-refractivity contribution in [1.29, 1.82) is 0 Å². The van der Waals surface area contributed by atoms with Crippen LogP contribution in [0.1, 0.15) is 17.4 Å². The van der Waals surface area contributed by atoms with Gasteiger partial charge < -0.3 is 5.11 Å². The molecule has 2 rings (SSSR count). The van der Waals surface area contributed by atoms with Crippen LogP contribution >= 0.6 is 11.8 Å². The Hall–Kier alpha value is -1.81. The Labute approximate surface area is 110 Å². The summed E-state index contributed by atoms with van der Waals surface area (Å²) in [6.07, 6.45) is 1.49. The van der Waals surface area contributed by atoms with Crippen LogP contribution in [0.2, 0.25) is 0 Å². The first-order valence-electron chi connectivity index (χ1n) is 5.64. The first-order valence-corrected chi connectivity index (χ1v) is 6.62. The van der Waals surface area contributed by atoms with E-state index in [9.17, 15) is 4.79 Å². The van der Waals surface area contributed by atoms with Crippen LogP contribution in [-0.2, 0) is 0 Å². The number of carboxylic acids is 1. The topological polar surface area (TPSA) is 50.2 Å². The van der Waals surface area contributed by atoms with Crippen LogP contribution in [0.4, 0.5) is 0 Å². The van der Waals surface area contributed by atoms with Gasteiger partial charge in [0.15, 0.2) is 5.69 Å². The maximum atomic E-state index is 11.1. The Morgan fingerprint density at radius 3 is 2.61 bits per heavy atom. The van der Waals surface area contributed by atoms with Crippen molar-refractivity contribution in [3.05, 3.63) is 48.3 Å². The Bertz CT molecular complexity index is 552. The molecule has 3 nitrogen and oxygen atoms in total. The highest BCUT2D eigenvalue weighted by Crippen LogP contribution is 2.25. The third-order valence-electron chi connectivity index (χ3n) is 2.49. The molecule has 1 N–H and O–H groups in total. The Morgan fingerprint density at radius 1 is 1.28 bits per heavy atom. The maximum Gasteiger partial charge on any atom is 0.355 e. The summed E-state index contributed by atoms with van der Waals surface area (Å²) in [5.41, 5.74) is 1.62. The molecular weight excluding hydrogens is 246 g/mol. The number of carbonyl (C=O) groups is 1. The molecule has 0 radical (unpaired) electrons. The average Bonchev–Trinajstić information content (AvgIpc) is 2.40. The summed E-state index contributed by atoms with van der Waals surface area (Å²) in [6, 6.07) is 11.4. The van der Waals surface area contributed by atoms with Crippen molar-refractivity contribution in [3.8, 4) is 11.1 Å². The number of carboxylic acid groups (broad SMARTS) is 1. The van der Waals surface area contributed by atoms with E-state index in [-0.39, 0.29) is 5.69 Å². The van der Waals surface area contributed by atoms with Crippen molar-refractivity contribution in [2.24, 2.45) is 0 Å². The van der Waals surface area contributed by atoms with Gasteiger partial charge in [-0.3, -0.25) is 0 Å². The minimum absolute atomic E-state index is 0.0911. The lowest BCUT2D eigenvalue weighted by atomic mass is 10.0. The zero-order chi connectivity index (χ0) is 13.0. The highest BCUT2D eigenvalue weighted by molar-refractivity contribution is 7.99. The summed E-state index contributed by atoms with van der Waals surface area (Å²) in [7, 11) is 0. The van der Waals surface area contributed by atoms with Gasteiger partial charge in [-0.25, -0.2) is 9.78 Å². The molecule has 1 aromatic heterocycles. The van der Waals surface area contributed by atoms with Crippen molar-refractivity contribution in [1.82, 2.24) is 4.98 Å². The third-order valence-corrected chi connectivity index (χ3v) is 3.38. The molecule has 0 aliphatic rings. The Balaban J connectivity index is 2.39. The van der Waals surface area contributed by atoms with Crippen molar-refractivity contribution in [2.45, 2.75) is 11.8 Å². The third kappa shape index (κ3) is 2.71. The predicted octanol–water partition coefficient (Wildman–Crippen LogP) is 3.56. The van der Waals surface area contributed by atoms with Crippen LogP contribution in [0.25, 0.3) is 11.1 Å². The van der Waals surface area contributed by atoms with Crippen molar-refractivity contribution in [2.75, 3.05) is 5.75 Å². The van der Waals surface area contributed by atoms with Gasteiger partial charge in [0.1, 0.15) is 0 Å². The number of hydrogen-bond donors (Lipinski definition) is 1. The van der Waals surface area contributed by atoms with Crippen molar-refractivity contribution < 1.29 is 9.90 Å². The van der Waals surface area contributed by atoms with E-state index in [1.165, 1.54) is 11.1 Å². The van der Waals surface area contributed by atoms with E-state index in [1.807, 2.05) is 24.3 Å². The minimum atomic E-state index is -1.00. The number of rotatable bonds is 4. The summed E-state index contributed by atoms with van der Waals surface area (Å²) in [5.74, 6) is 0.0182. The second-order valence-corrected chi connectivity index (χ2v) is 5.00. The van der Waals surface area contributed by atoms with E-state index >= 15 is 0 Å². The van der Waals surface area contributed by atoms with Crippen LogP contribution in [0, 0.1) is 0 Å². The fourth-order valence-corrected chi connectivity index (χ4v) is 2.37. The van der Waals surface area contributed by atoms with Crippen LogP contribution in [0.5, 0.6) is 0 Å². The monoisotopic (exact) mass is 259 g/mol. The number of nitrogens with zero attached hydrogens (tertiary/aromatic N) is 1. The number of aromatic carboxylic acids is 1. The van der Waals surface area contributed by atoms with Gasteiger partial charge in [0.2, 0.25) is 0 Å². The van der Waals surface area contributed by atoms with Gasteiger partial charge in [0, 0.05) is 16.7 Å². The van der Waals surface area contributed by atoms with Gasteiger partial charge in [-0.1, -0.05) is 25.1 Å². The second kappa shape index (κ2) is 5.69. The maximum absolute atomic E-state index is 11.1. The van der Waals surface area contributed by atoms with Crippen LogP contribution < -0.4 is 0 Å². The molecule has 0 unspecified atom stereocenters. The van der Waals surface area contributed by atoms with E-state index in [0.717, 1.165) is 11.3 Å². The van der Waals surface area contributed by atoms with E-state index < -0.39 is 5.97 Å². The van der Waals surface area contributed by atoms with Gasteiger partial charge in [-0.05, 0) is 29.5 Å². The van der Waals surface area contributed by atoms with Crippen LogP contribution in [0.15, 0.2) is 47.5 Å². The van der Waals surface area contributed by atoms with Gasteiger partial charge in [-0.15, -0.1) is 11.8 Å². The molecular formula is C14H13NO2S. The summed E-state index contributed by atoms with van der Waals surface area (Å²) in [5, 5.41) is 9.10. The first kappa shape index (κ1) is 12.6. The summed E-state index contributed by atoms with van der Waals surface area (Å²) < 4.78 is 0. The number of pyridine rings is 1. The normalized spacial score (nSPS) is 10.3. The zero-order valence-corrected chi connectivity index (χ0v) is 10.8. The molecule has 0 saturated heterocycles. The minimum Gasteiger partial charge on any atom is -0.476 e. The molecule has 2 aromatic rings. The number of benzene rings is 1. The molecule has 0 spiro atoms. The summed E-state index contributed by atoms with van der Waals surface area (Å²) in [6.45, 7) is 2.10. The van der Waals surface area contributed by atoms with E-state index in [0.29, 0.717) is 5.56 Å². The largest absolute Gasteiger partial charge is 0.476 e. The van der Waals surface area contributed by atoms with E-state index in [2.05, 4.69) is 11.9 Å². The van der Waals surface area contributed by atoms with Gasteiger partial charge >= 0.3 is 5.97 Å². The second-order valence-electron chi connectivity index (χ2n) is 3.66. The fraction of sp³-hybridized carbons (Fsp3) is 0.143. The van der Waals surface area contributed by atoms with Gasteiger partial charge in [-0.2, -0.15) is 0 Å². The molecule has 0 bridgehead atoms. The molecule has 1 aromatic carbocycles. The standard InChI is InChI=1S/C14H13NO2S/c1-2-18-11-7-5-10(6-8-11)12-4-3-9-15-13(12)14(16)17/h3-9H,2H2,1H3,(H,16,17). The van der Waals surface area contributed by atoms with E-state index in [1.54, 1.807) is 23.9 Å². The smallest absolute Gasteiger partial charge is 0.355 e. The molecule has 0 aliphatic heterocycles. The molecule has 0 fully saturated rings. The lowest BCUT2D eigenvalue weighted by Gasteiger charge is -2.06. The number of aromatic nitrogens is 1. The molecule has 92 valence electrons. The molecule has 0 saturated carbocycles. The quantitative estimate of drug-likeness (QED) is 0.853. The molecule has 0 aliphatic carbocycles. The summed E-state index contributed by atoms with van der Waals surface area (Å²) in [4.78, 5) is 16.2. The Kier molecular flexibility index (Phi) is 3.99. The molecule has 0 atom stereocenters. The Morgan fingerprint density at radius 2 is 2.00 bits per heavy atom. The summed E-state index contributed by atoms with van der Waals surface area (Å²) >= 11 is 1.76. The van der Waals surface area contributed by atoms with E-state index in [4.69, 9.17) is 5.11 Å². The average molecular weight is 259 g/mol. The molecule has 0 amide bonds. The van der Waals surface area contributed by atoms with Gasteiger partial charge in [0.25, 0.3) is 0 Å². The highest BCUT2D eigenvalue weighted by atomic mass is 32.2. The first-order chi connectivity index (χ1) is 8.72. The SMILES string of the molecule is CCSc1ccc(-c2cccnc2C(=O)O)cc1. The molecule has 1 heterocycles. The lowest BCUT2D eigenvalue weighted by molar-refractivity contribution is 0.0691. The lowest BCUT2D eigenvalue weighted by Crippen LogP contribution is -2.02. The van der Waals surface area contributed by atoms with Crippen LogP contribution in [-0.4, -0.2) is 21.8 Å². The van der Waals surface area contributed by atoms with Gasteiger partial charge in [0.05, 0.1) is 0 Å². The predicted molar refractivity (Wildman–Crippen MR) is 73.0 cm³/mol. The molecule has 18 heavy (non-hydrogen) atoms. The highest BCUT2D eigenvalue weighted by Gasteiger charge is 2.12. The van der Waals surface area contributed by atoms with Crippen molar-refractivity contribution in [3.63, 3.8) is 0 Å². The fourth-order valence-electron chi connectivity index (χ4n) is 1.71. The zero-order valence-electron chi connectivity index (χ0n) is 9.96. The van der Waals surface area contributed by atoms with Crippen LogP contribution in [0.3, 0.4) is 0 Å². The number of hydrogen-bond acceptors (Lipinski definition) is 3. The number of thioether (sulfide) groups is 1.